The van der Waals surface area contributed by atoms with E-state index < -0.39 is 0 Å². The van der Waals surface area contributed by atoms with E-state index in [1.807, 2.05) is 37.3 Å². The van der Waals surface area contributed by atoms with Crippen LogP contribution in [-0.2, 0) is 9.53 Å². The SMILES string of the molecule is CCCC(=O)Nc1ccc(-n2nc(OCCOC)nc2-c2ccc(Cl)c(Cl)c2)cc1. The molecule has 1 heterocycles. The third-order valence-corrected chi connectivity index (χ3v) is 4.90. The van der Waals surface area contributed by atoms with Gasteiger partial charge in [0.2, 0.25) is 5.91 Å². The second-order valence-electron chi connectivity index (χ2n) is 6.44. The largest absolute Gasteiger partial charge is 0.460 e. The molecule has 0 radical (unpaired) electrons. The van der Waals surface area contributed by atoms with Gasteiger partial charge in [-0.05, 0) is 48.9 Å². The van der Waals surface area contributed by atoms with Crippen LogP contribution in [0.4, 0.5) is 5.69 Å². The molecule has 2 aromatic carbocycles. The van der Waals surface area contributed by atoms with Crippen molar-refractivity contribution in [2.75, 3.05) is 25.6 Å². The van der Waals surface area contributed by atoms with Crippen molar-refractivity contribution < 1.29 is 14.3 Å². The number of ether oxygens (including phenoxy) is 2. The van der Waals surface area contributed by atoms with Crippen molar-refractivity contribution in [3.05, 3.63) is 52.5 Å². The standard InChI is InChI=1S/C21H22Cl2N4O3/c1-3-4-19(28)24-15-6-8-16(9-7-15)27-20(14-5-10-17(22)18(23)13-14)25-21(26-27)30-12-11-29-2/h5-10,13H,3-4,11-12H2,1-2H3,(H,24,28). The average Bonchev–Trinajstić information content (AvgIpc) is 3.15. The zero-order chi connectivity index (χ0) is 21.5. The van der Waals surface area contributed by atoms with Crippen molar-refractivity contribution in [2.45, 2.75) is 19.8 Å². The summed E-state index contributed by atoms with van der Waals surface area (Å²) in [4.78, 5) is 16.3. The van der Waals surface area contributed by atoms with Crippen LogP contribution >= 0.6 is 23.2 Å². The van der Waals surface area contributed by atoms with E-state index in [1.54, 1.807) is 23.9 Å². The fraction of sp³-hybridized carbons (Fsp3) is 0.286. The minimum atomic E-state index is -0.0173. The topological polar surface area (TPSA) is 78.3 Å². The molecule has 0 aliphatic rings. The zero-order valence-corrected chi connectivity index (χ0v) is 18.2. The molecular weight excluding hydrogens is 427 g/mol. The number of anilines is 1. The van der Waals surface area contributed by atoms with Gasteiger partial charge in [-0.2, -0.15) is 4.98 Å². The van der Waals surface area contributed by atoms with E-state index in [0.717, 1.165) is 17.7 Å². The Morgan fingerprint density at radius 3 is 2.53 bits per heavy atom. The van der Waals surface area contributed by atoms with Crippen LogP contribution in [0.15, 0.2) is 42.5 Å². The Bertz CT molecular complexity index is 1010. The lowest BCUT2D eigenvalue weighted by Crippen LogP contribution is -2.10. The predicted molar refractivity (Wildman–Crippen MR) is 118 cm³/mol. The molecule has 1 amide bonds. The predicted octanol–water partition coefficient (Wildman–Crippen LogP) is 5.00. The molecule has 3 rings (SSSR count). The molecule has 0 saturated carbocycles. The van der Waals surface area contributed by atoms with E-state index in [0.29, 0.717) is 41.2 Å². The molecule has 0 aliphatic carbocycles. The van der Waals surface area contributed by atoms with Gasteiger partial charge in [0.25, 0.3) is 0 Å². The molecule has 0 atom stereocenters. The van der Waals surface area contributed by atoms with E-state index in [-0.39, 0.29) is 11.9 Å². The Kier molecular flexibility index (Phi) is 7.68. The summed E-state index contributed by atoms with van der Waals surface area (Å²) in [6.07, 6.45) is 1.27. The maximum absolute atomic E-state index is 11.8. The van der Waals surface area contributed by atoms with Gasteiger partial charge in [-0.15, -0.1) is 5.10 Å². The van der Waals surface area contributed by atoms with Gasteiger partial charge < -0.3 is 14.8 Å². The van der Waals surface area contributed by atoms with Crippen LogP contribution < -0.4 is 10.1 Å². The van der Waals surface area contributed by atoms with Gasteiger partial charge in [0.05, 0.1) is 22.3 Å². The molecule has 0 spiro atoms. The number of amides is 1. The number of aromatic nitrogens is 3. The first-order valence-corrected chi connectivity index (χ1v) is 10.2. The summed E-state index contributed by atoms with van der Waals surface area (Å²) < 4.78 is 12.2. The van der Waals surface area contributed by atoms with Gasteiger partial charge in [0.1, 0.15) is 6.61 Å². The monoisotopic (exact) mass is 448 g/mol. The third kappa shape index (κ3) is 5.50. The van der Waals surface area contributed by atoms with Crippen molar-refractivity contribution in [3.63, 3.8) is 0 Å². The fourth-order valence-corrected chi connectivity index (χ4v) is 3.01. The molecule has 9 heteroatoms. The minimum Gasteiger partial charge on any atom is -0.460 e. The first-order chi connectivity index (χ1) is 14.5. The van der Waals surface area contributed by atoms with Crippen molar-refractivity contribution in [1.82, 2.24) is 14.8 Å². The van der Waals surface area contributed by atoms with E-state index >= 15 is 0 Å². The molecule has 7 nitrogen and oxygen atoms in total. The third-order valence-electron chi connectivity index (χ3n) is 4.16. The summed E-state index contributed by atoms with van der Waals surface area (Å²) in [7, 11) is 1.59. The zero-order valence-electron chi connectivity index (χ0n) is 16.7. The quantitative estimate of drug-likeness (QED) is 0.465. The summed E-state index contributed by atoms with van der Waals surface area (Å²) in [5, 5.41) is 8.20. The Morgan fingerprint density at radius 1 is 1.10 bits per heavy atom. The molecule has 0 bridgehead atoms. The number of halogens is 2. The molecule has 1 aromatic heterocycles. The van der Waals surface area contributed by atoms with Gasteiger partial charge in [-0.3, -0.25) is 4.79 Å². The molecule has 0 unspecified atom stereocenters. The van der Waals surface area contributed by atoms with Crippen LogP contribution in [0.1, 0.15) is 19.8 Å². The number of hydrogen-bond donors (Lipinski definition) is 1. The Hall–Kier alpha value is -2.61. The van der Waals surface area contributed by atoms with E-state index in [9.17, 15) is 4.79 Å². The number of nitrogens with one attached hydrogen (secondary N) is 1. The van der Waals surface area contributed by atoms with Crippen molar-refractivity contribution in [1.29, 1.82) is 0 Å². The molecular formula is C21H22Cl2N4O3. The Morgan fingerprint density at radius 2 is 1.87 bits per heavy atom. The lowest BCUT2D eigenvalue weighted by atomic mass is 10.2. The highest BCUT2D eigenvalue weighted by atomic mass is 35.5. The summed E-state index contributed by atoms with van der Waals surface area (Å²) in [6, 6.07) is 12.8. The van der Waals surface area contributed by atoms with Crippen LogP contribution in [0.25, 0.3) is 17.1 Å². The molecule has 30 heavy (non-hydrogen) atoms. The Balaban J connectivity index is 1.93. The molecule has 0 aliphatic heterocycles. The molecule has 158 valence electrons. The molecule has 1 N–H and O–H groups in total. The summed E-state index contributed by atoms with van der Waals surface area (Å²) in [5.41, 5.74) is 2.20. The summed E-state index contributed by atoms with van der Waals surface area (Å²) in [5.74, 6) is 0.528. The van der Waals surface area contributed by atoms with Gasteiger partial charge in [0.15, 0.2) is 5.82 Å². The number of nitrogens with zero attached hydrogens (tertiary/aromatic N) is 3. The van der Waals surface area contributed by atoms with Gasteiger partial charge in [0, 0.05) is 24.8 Å². The van der Waals surface area contributed by atoms with Crippen molar-refractivity contribution >= 4 is 34.8 Å². The molecule has 0 fully saturated rings. The number of carbonyl (C=O) groups excluding carboxylic acids is 1. The highest BCUT2D eigenvalue weighted by Gasteiger charge is 2.16. The fourth-order valence-electron chi connectivity index (χ4n) is 2.71. The second kappa shape index (κ2) is 10.4. The molecule has 0 saturated heterocycles. The van der Waals surface area contributed by atoms with Crippen LogP contribution in [0.5, 0.6) is 6.01 Å². The summed E-state index contributed by atoms with van der Waals surface area (Å²) >= 11 is 12.2. The smallest absolute Gasteiger partial charge is 0.336 e. The average molecular weight is 449 g/mol. The minimum absolute atomic E-state index is 0.0173. The van der Waals surface area contributed by atoms with Crippen LogP contribution in [0, 0.1) is 0 Å². The van der Waals surface area contributed by atoms with E-state index in [1.165, 1.54) is 0 Å². The first kappa shape index (κ1) is 22.1. The Labute approximate surface area is 184 Å². The van der Waals surface area contributed by atoms with Crippen LogP contribution in [-0.4, -0.2) is 41.0 Å². The van der Waals surface area contributed by atoms with Crippen molar-refractivity contribution in [2.24, 2.45) is 0 Å². The maximum atomic E-state index is 11.8. The number of benzene rings is 2. The van der Waals surface area contributed by atoms with E-state index in [4.69, 9.17) is 32.7 Å². The van der Waals surface area contributed by atoms with Crippen LogP contribution in [0.2, 0.25) is 10.0 Å². The van der Waals surface area contributed by atoms with Crippen LogP contribution in [0.3, 0.4) is 0 Å². The van der Waals surface area contributed by atoms with Crippen molar-refractivity contribution in [3.8, 4) is 23.1 Å². The van der Waals surface area contributed by atoms with Gasteiger partial charge >= 0.3 is 6.01 Å². The number of methoxy groups -OCH3 is 1. The van der Waals surface area contributed by atoms with E-state index in [2.05, 4.69) is 15.4 Å². The maximum Gasteiger partial charge on any atom is 0.336 e. The number of rotatable bonds is 9. The van der Waals surface area contributed by atoms with Gasteiger partial charge in [-0.25, -0.2) is 4.68 Å². The lowest BCUT2D eigenvalue weighted by molar-refractivity contribution is -0.116. The highest BCUT2D eigenvalue weighted by Crippen LogP contribution is 2.30. The summed E-state index contributed by atoms with van der Waals surface area (Å²) in [6.45, 7) is 2.71. The lowest BCUT2D eigenvalue weighted by Gasteiger charge is -2.08. The molecule has 3 aromatic rings. The van der Waals surface area contributed by atoms with Gasteiger partial charge in [-0.1, -0.05) is 30.1 Å². The normalized spacial score (nSPS) is 10.8. The highest BCUT2D eigenvalue weighted by molar-refractivity contribution is 6.42. The first-order valence-electron chi connectivity index (χ1n) is 9.46. The second-order valence-corrected chi connectivity index (χ2v) is 7.26. The number of hydrogen-bond acceptors (Lipinski definition) is 5. The number of carbonyl (C=O) groups is 1.